The SMILES string of the molecule is COc1ccc([C@@]23CCC(OP(=O)(O)O)=C[C@]2(C)N(C)CC3)cc1OC. The van der Waals surface area contributed by atoms with Crippen molar-refractivity contribution in [3.63, 3.8) is 0 Å². The summed E-state index contributed by atoms with van der Waals surface area (Å²) in [5.74, 6) is 1.71. The highest BCUT2D eigenvalue weighted by Gasteiger charge is 2.57. The summed E-state index contributed by atoms with van der Waals surface area (Å²) < 4.78 is 27.0. The molecule has 1 aliphatic heterocycles. The molecule has 0 unspecified atom stereocenters. The lowest BCUT2D eigenvalue weighted by atomic mass is 9.61. The van der Waals surface area contributed by atoms with Crippen molar-refractivity contribution < 1.29 is 28.3 Å². The Labute approximate surface area is 153 Å². The Hall–Kier alpha value is -1.53. The second-order valence-corrected chi connectivity index (χ2v) is 8.33. The molecule has 144 valence electrons. The number of methoxy groups -OCH3 is 2. The van der Waals surface area contributed by atoms with E-state index in [2.05, 4.69) is 17.9 Å². The van der Waals surface area contributed by atoms with Crippen LogP contribution in [0.15, 0.2) is 30.0 Å². The summed E-state index contributed by atoms with van der Waals surface area (Å²) in [5.41, 5.74) is 0.520. The van der Waals surface area contributed by atoms with E-state index in [-0.39, 0.29) is 5.41 Å². The first-order chi connectivity index (χ1) is 12.1. The lowest BCUT2D eigenvalue weighted by Gasteiger charge is -2.48. The zero-order valence-electron chi connectivity index (χ0n) is 15.6. The Kier molecular flexibility index (Phi) is 4.86. The second kappa shape index (κ2) is 6.57. The molecule has 8 heteroatoms. The molecular formula is C18H26NO6P. The summed E-state index contributed by atoms with van der Waals surface area (Å²) in [7, 11) is 0.693. The number of phosphoric ester groups is 1. The summed E-state index contributed by atoms with van der Waals surface area (Å²) in [4.78, 5) is 20.6. The molecule has 1 aromatic rings. The lowest BCUT2D eigenvalue weighted by Crippen LogP contribution is -2.53. The van der Waals surface area contributed by atoms with Crippen LogP contribution in [0, 0.1) is 0 Å². The van der Waals surface area contributed by atoms with Gasteiger partial charge in [0.2, 0.25) is 0 Å². The number of nitrogens with zero attached hydrogens (tertiary/aromatic N) is 1. The van der Waals surface area contributed by atoms with Crippen molar-refractivity contribution in [3.05, 3.63) is 35.6 Å². The van der Waals surface area contributed by atoms with Crippen LogP contribution in [0.3, 0.4) is 0 Å². The first kappa shape index (κ1) is 19.2. The molecule has 1 saturated heterocycles. The van der Waals surface area contributed by atoms with E-state index in [4.69, 9.17) is 14.0 Å². The summed E-state index contributed by atoms with van der Waals surface area (Å²) in [6.45, 7) is 2.98. The number of hydrogen-bond donors (Lipinski definition) is 2. The number of benzene rings is 1. The molecule has 1 aliphatic carbocycles. The molecule has 2 aliphatic rings. The number of likely N-dealkylation sites (N-methyl/N-ethyl adjacent to an activating group) is 1. The number of likely N-dealkylation sites (tertiary alicyclic amines) is 1. The Bertz CT molecular complexity index is 775. The van der Waals surface area contributed by atoms with Crippen molar-refractivity contribution in [2.24, 2.45) is 0 Å². The van der Waals surface area contributed by atoms with Gasteiger partial charge in [-0.15, -0.1) is 0 Å². The first-order valence-corrected chi connectivity index (χ1v) is 10.1. The highest BCUT2D eigenvalue weighted by atomic mass is 31.2. The molecular weight excluding hydrogens is 357 g/mol. The molecule has 1 fully saturated rings. The van der Waals surface area contributed by atoms with E-state index in [9.17, 15) is 14.4 Å². The van der Waals surface area contributed by atoms with Gasteiger partial charge in [0.25, 0.3) is 0 Å². The molecule has 0 amide bonds. The van der Waals surface area contributed by atoms with Gasteiger partial charge in [0, 0.05) is 17.4 Å². The van der Waals surface area contributed by atoms with Gasteiger partial charge in [-0.3, -0.25) is 14.7 Å². The van der Waals surface area contributed by atoms with Crippen LogP contribution in [0.5, 0.6) is 11.5 Å². The van der Waals surface area contributed by atoms with E-state index in [0.29, 0.717) is 23.7 Å². The summed E-state index contributed by atoms with van der Waals surface area (Å²) >= 11 is 0. The van der Waals surface area contributed by atoms with Gasteiger partial charge in [-0.05, 0) is 57.1 Å². The minimum Gasteiger partial charge on any atom is -0.493 e. The van der Waals surface area contributed by atoms with Gasteiger partial charge >= 0.3 is 7.82 Å². The van der Waals surface area contributed by atoms with E-state index >= 15 is 0 Å². The fraction of sp³-hybridized carbons (Fsp3) is 0.556. The first-order valence-electron chi connectivity index (χ1n) is 8.56. The molecule has 0 spiro atoms. The van der Waals surface area contributed by atoms with Crippen molar-refractivity contribution in [1.82, 2.24) is 4.90 Å². The molecule has 3 rings (SSSR count). The molecule has 2 atom stereocenters. The number of hydrogen-bond acceptors (Lipinski definition) is 5. The number of ether oxygens (including phenoxy) is 2. The molecule has 26 heavy (non-hydrogen) atoms. The van der Waals surface area contributed by atoms with E-state index in [1.807, 2.05) is 25.3 Å². The number of rotatable bonds is 5. The molecule has 0 bridgehead atoms. The molecule has 7 nitrogen and oxygen atoms in total. The van der Waals surface area contributed by atoms with Crippen LogP contribution < -0.4 is 9.47 Å². The standard InChI is InChI=1S/C18H26NO6P/c1-17-12-14(25-26(20,21)22)7-8-18(17,9-10-19(17)2)13-5-6-15(23-3)16(11-13)24-4/h5-6,11-12H,7-10H2,1-4H3,(H2,20,21,22)/t17-,18-/m0/s1. The molecule has 0 radical (unpaired) electrons. The molecule has 2 N–H and O–H groups in total. The van der Waals surface area contributed by atoms with Gasteiger partial charge in [-0.1, -0.05) is 6.07 Å². The third-order valence-corrected chi connectivity index (χ3v) is 6.52. The second-order valence-electron chi connectivity index (χ2n) is 7.16. The molecule has 1 heterocycles. The maximum atomic E-state index is 11.3. The fourth-order valence-electron chi connectivity index (χ4n) is 4.50. The van der Waals surface area contributed by atoms with Crippen LogP contribution in [0.4, 0.5) is 0 Å². The third-order valence-electron chi connectivity index (χ3n) is 6.05. The van der Waals surface area contributed by atoms with E-state index < -0.39 is 13.4 Å². The van der Waals surface area contributed by atoms with Gasteiger partial charge in [-0.2, -0.15) is 0 Å². The van der Waals surface area contributed by atoms with Crippen molar-refractivity contribution in [3.8, 4) is 11.5 Å². The zero-order valence-corrected chi connectivity index (χ0v) is 16.5. The van der Waals surface area contributed by atoms with Crippen LogP contribution in [0.1, 0.15) is 31.7 Å². The van der Waals surface area contributed by atoms with Crippen molar-refractivity contribution in [2.45, 2.75) is 37.1 Å². The predicted octanol–water partition coefficient (Wildman–Crippen LogP) is 2.82. The smallest absolute Gasteiger partial charge is 0.493 e. The number of fused-ring (bicyclic) bond motifs is 1. The molecule has 0 saturated carbocycles. The zero-order chi connectivity index (χ0) is 19.2. The highest BCUT2D eigenvalue weighted by molar-refractivity contribution is 7.46. The molecule has 1 aromatic carbocycles. The topological polar surface area (TPSA) is 88.5 Å². The van der Waals surface area contributed by atoms with Gasteiger partial charge < -0.3 is 14.0 Å². The summed E-state index contributed by atoms with van der Waals surface area (Å²) in [5, 5.41) is 0. The minimum absolute atomic E-state index is 0.191. The van der Waals surface area contributed by atoms with Crippen molar-refractivity contribution in [2.75, 3.05) is 27.8 Å². The average Bonchev–Trinajstić information content (AvgIpc) is 2.84. The van der Waals surface area contributed by atoms with E-state index in [1.54, 1.807) is 14.2 Å². The molecule has 0 aromatic heterocycles. The maximum Gasteiger partial charge on any atom is 0.524 e. The van der Waals surface area contributed by atoms with E-state index in [1.165, 1.54) is 0 Å². The van der Waals surface area contributed by atoms with Crippen LogP contribution in [-0.2, 0) is 14.5 Å². The van der Waals surface area contributed by atoms with Crippen LogP contribution in [0.2, 0.25) is 0 Å². The monoisotopic (exact) mass is 383 g/mol. The van der Waals surface area contributed by atoms with Gasteiger partial charge in [0.1, 0.15) is 5.76 Å². The maximum absolute atomic E-state index is 11.3. The quantitative estimate of drug-likeness (QED) is 0.756. The Balaban J connectivity index is 2.07. The minimum atomic E-state index is -4.56. The van der Waals surface area contributed by atoms with E-state index in [0.717, 1.165) is 24.9 Å². The normalized spacial score (nSPS) is 29.1. The van der Waals surface area contributed by atoms with Gasteiger partial charge in [0.05, 0.1) is 14.2 Å². The number of allylic oxidation sites excluding steroid dienone is 1. The van der Waals surface area contributed by atoms with Gasteiger partial charge in [-0.25, -0.2) is 4.57 Å². The summed E-state index contributed by atoms with van der Waals surface area (Å²) in [6, 6.07) is 5.98. The highest BCUT2D eigenvalue weighted by Crippen LogP contribution is 2.56. The third kappa shape index (κ3) is 3.03. The van der Waals surface area contributed by atoms with Crippen molar-refractivity contribution >= 4 is 7.82 Å². The van der Waals surface area contributed by atoms with Crippen LogP contribution in [0.25, 0.3) is 0 Å². The van der Waals surface area contributed by atoms with Crippen molar-refractivity contribution in [1.29, 1.82) is 0 Å². The summed E-state index contributed by atoms with van der Waals surface area (Å²) in [6.07, 6.45) is 4.02. The van der Waals surface area contributed by atoms with Crippen LogP contribution in [-0.4, -0.2) is 48.0 Å². The Morgan fingerprint density at radius 3 is 2.46 bits per heavy atom. The lowest BCUT2D eigenvalue weighted by molar-refractivity contribution is 0.138. The van der Waals surface area contributed by atoms with Gasteiger partial charge in [0.15, 0.2) is 11.5 Å². The predicted molar refractivity (Wildman–Crippen MR) is 97.3 cm³/mol. The number of phosphoric acid groups is 1. The fourth-order valence-corrected chi connectivity index (χ4v) is 4.95. The largest absolute Gasteiger partial charge is 0.524 e. The Morgan fingerprint density at radius 2 is 1.85 bits per heavy atom. The average molecular weight is 383 g/mol. The Morgan fingerprint density at radius 1 is 1.15 bits per heavy atom. The van der Waals surface area contributed by atoms with Crippen LogP contribution >= 0.6 is 7.82 Å².